The van der Waals surface area contributed by atoms with Gasteiger partial charge in [-0.1, -0.05) is 0 Å². The molecule has 3 nitrogen and oxygen atoms in total. The van der Waals surface area contributed by atoms with E-state index in [-0.39, 0.29) is 0 Å². The van der Waals surface area contributed by atoms with Crippen LogP contribution < -0.4 is 0 Å². The van der Waals surface area contributed by atoms with E-state index in [2.05, 4.69) is 44.4 Å². The van der Waals surface area contributed by atoms with Gasteiger partial charge in [-0.15, -0.1) is 0 Å². The molecule has 3 heteroatoms. The van der Waals surface area contributed by atoms with Gasteiger partial charge in [0.2, 0.25) is 0 Å². The SMILES string of the molecule is CC1CN(C2CC3CCC(C2)N3C(C)(C)C)CC(C)O1. The van der Waals surface area contributed by atoms with Crippen molar-refractivity contribution in [1.82, 2.24) is 9.80 Å². The van der Waals surface area contributed by atoms with Crippen LogP contribution in [0.3, 0.4) is 0 Å². The van der Waals surface area contributed by atoms with Gasteiger partial charge in [-0.25, -0.2) is 0 Å². The third kappa shape index (κ3) is 2.77. The minimum Gasteiger partial charge on any atom is -0.373 e. The van der Waals surface area contributed by atoms with Crippen molar-refractivity contribution in [2.24, 2.45) is 0 Å². The summed E-state index contributed by atoms with van der Waals surface area (Å²) in [6, 6.07) is 2.42. The number of hydrogen-bond acceptors (Lipinski definition) is 3. The summed E-state index contributed by atoms with van der Waals surface area (Å²) in [5.74, 6) is 0. The second kappa shape index (κ2) is 5.26. The summed E-state index contributed by atoms with van der Waals surface area (Å²) in [5.41, 5.74) is 0.336. The molecule has 4 unspecified atom stereocenters. The van der Waals surface area contributed by atoms with E-state index < -0.39 is 0 Å². The van der Waals surface area contributed by atoms with Crippen molar-refractivity contribution in [3.05, 3.63) is 0 Å². The summed E-state index contributed by atoms with van der Waals surface area (Å²) in [4.78, 5) is 5.54. The topological polar surface area (TPSA) is 15.7 Å². The van der Waals surface area contributed by atoms with E-state index in [9.17, 15) is 0 Å². The van der Waals surface area contributed by atoms with Crippen molar-refractivity contribution in [3.63, 3.8) is 0 Å². The molecule has 0 aromatic rings. The smallest absolute Gasteiger partial charge is 0.0678 e. The Morgan fingerprint density at radius 2 is 1.35 bits per heavy atom. The average Bonchev–Trinajstić information content (AvgIpc) is 2.60. The molecule has 3 aliphatic rings. The summed E-state index contributed by atoms with van der Waals surface area (Å²) in [5, 5.41) is 0. The van der Waals surface area contributed by atoms with Crippen molar-refractivity contribution in [2.45, 2.75) is 96.2 Å². The largest absolute Gasteiger partial charge is 0.373 e. The molecule has 116 valence electrons. The number of fused-ring (bicyclic) bond motifs is 2. The van der Waals surface area contributed by atoms with Crippen LogP contribution in [0.5, 0.6) is 0 Å². The van der Waals surface area contributed by atoms with E-state index in [1.807, 2.05) is 0 Å². The lowest BCUT2D eigenvalue weighted by Crippen LogP contribution is -2.59. The molecule has 3 aliphatic heterocycles. The lowest BCUT2D eigenvalue weighted by molar-refractivity contribution is -0.0956. The van der Waals surface area contributed by atoms with Gasteiger partial charge in [0.05, 0.1) is 12.2 Å². The standard InChI is InChI=1S/C17H32N2O/c1-12-10-18(11-13(2)20-12)16-8-14-6-7-15(9-16)19(14)17(3,4)5/h12-16H,6-11H2,1-5H3. The molecule has 2 bridgehead atoms. The molecule has 3 fully saturated rings. The Bertz CT molecular complexity index is 327. The van der Waals surface area contributed by atoms with Gasteiger partial charge in [-0.2, -0.15) is 0 Å². The first-order chi connectivity index (χ1) is 9.34. The summed E-state index contributed by atoms with van der Waals surface area (Å²) in [7, 11) is 0. The van der Waals surface area contributed by atoms with Gasteiger partial charge in [0.25, 0.3) is 0 Å². The van der Waals surface area contributed by atoms with Crippen LogP contribution in [-0.2, 0) is 4.74 Å². The Morgan fingerprint density at radius 3 is 1.80 bits per heavy atom. The molecule has 4 atom stereocenters. The van der Waals surface area contributed by atoms with Gasteiger partial charge in [-0.3, -0.25) is 9.80 Å². The fourth-order valence-electron chi connectivity index (χ4n) is 5.06. The highest BCUT2D eigenvalue weighted by atomic mass is 16.5. The molecular formula is C17H32N2O. The summed E-state index contributed by atoms with van der Waals surface area (Å²) in [6.45, 7) is 13.9. The Morgan fingerprint density at radius 1 is 0.850 bits per heavy atom. The van der Waals surface area contributed by atoms with Crippen molar-refractivity contribution in [3.8, 4) is 0 Å². The van der Waals surface area contributed by atoms with Crippen LogP contribution in [0, 0.1) is 0 Å². The van der Waals surface area contributed by atoms with Gasteiger partial charge >= 0.3 is 0 Å². The first-order valence-electron chi connectivity index (χ1n) is 8.52. The van der Waals surface area contributed by atoms with E-state index in [0.717, 1.165) is 31.2 Å². The highest BCUT2D eigenvalue weighted by Crippen LogP contribution is 2.42. The Balaban J connectivity index is 1.68. The zero-order valence-electron chi connectivity index (χ0n) is 13.9. The third-order valence-electron chi connectivity index (χ3n) is 5.45. The van der Waals surface area contributed by atoms with E-state index in [4.69, 9.17) is 4.74 Å². The fraction of sp³-hybridized carbons (Fsp3) is 1.00. The molecule has 0 aliphatic carbocycles. The lowest BCUT2D eigenvalue weighted by Gasteiger charge is -2.50. The zero-order valence-corrected chi connectivity index (χ0v) is 13.9. The minimum atomic E-state index is 0.336. The van der Waals surface area contributed by atoms with Crippen LogP contribution >= 0.6 is 0 Å². The van der Waals surface area contributed by atoms with Crippen LogP contribution in [-0.4, -0.2) is 58.8 Å². The second-order valence-corrected chi connectivity index (χ2v) is 8.30. The van der Waals surface area contributed by atoms with E-state index >= 15 is 0 Å². The molecule has 0 amide bonds. The minimum absolute atomic E-state index is 0.336. The number of rotatable bonds is 1. The van der Waals surface area contributed by atoms with Gasteiger partial charge in [0.15, 0.2) is 0 Å². The number of hydrogen-bond donors (Lipinski definition) is 0. The molecule has 0 N–H and O–H groups in total. The number of morpholine rings is 1. The summed E-state index contributed by atoms with van der Waals surface area (Å²) in [6.07, 6.45) is 6.36. The predicted octanol–water partition coefficient (Wildman–Crippen LogP) is 2.89. The highest BCUT2D eigenvalue weighted by Gasteiger charge is 2.46. The van der Waals surface area contributed by atoms with Gasteiger partial charge in [-0.05, 0) is 60.3 Å². The van der Waals surface area contributed by atoms with E-state index in [1.165, 1.54) is 25.7 Å². The maximum absolute atomic E-state index is 5.90. The van der Waals surface area contributed by atoms with Crippen molar-refractivity contribution in [2.75, 3.05) is 13.1 Å². The lowest BCUT2D eigenvalue weighted by atomic mass is 9.90. The molecule has 0 aromatic carbocycles. The van der Waals surface area contributed by atoms with Gasteiger partial charge < -0.3 is 4.74 Å². The van der Waals surface area contributed by atoms with Crippen LogP contribution in [0.4, 0.5) is 0 Å². The molecule has 0 spiro atoms. The highest BCUT2D eigenvalue weighted by molar-refractivity contribution is 5.02. The van der Waals surface area contributed by atoms with E-state index in [1.54, 1.807) is 0 Å². The van der Waals surface area contributed by atoms with Crippen LogP contribution in [0.2, 0.25) is 0 Å². The van der Waals surface area contributed by atoms with Crippen molar-refractivity contribution >= 4 is 0 Å². The van der Waals surface area contributed by atoms with Crippen LogP contribution in [0.15, 0.2) is 0 Å². The average molecular weight is 280 g/mol. The summed E-state index contributed by atoms with van der Waals surface area (Å²) < 4.78 is 5.90. The van der Waals surface area contributed by atoms with Crippen LogP contribution in [0.1, 0.15) is 60.3 Å². The third-order valence-corrected chi connectivity index (χ3v) is 5.45. The molecule has 3 rings (SSSR count). The molecule has 0 saturated carbocycles. The summed E-state index contributed by atoms with van der Waals surface area (Å²) >= 11 is 0. The molecule has 3 saturated heterocycles. The predicted molar refractivity (Wildman–Crippen MR) is 83.0 cm³/mol. The Hall–Kier alpha value is -0.120. The second-order valence-electron chi connectivity index (χ2n) is 8.30. The van der Waals surface area contributed by atoms with Crippen molar-refractivity contribution in [1.29, 1.82) is 0 Å². The van der Waals surface area contributed by atoms with Crippen molar-refractivity contribution < 1.29 is 4.74 Å². The first-order valence-corrected chi connectivity index (χ1v) is 8.52. The molecule has 0 aromatic heterocycles. The van der Waals surface area contributed by atoms with E-state index in [0.29, 0.717) is 17.7 Å². The van der Waals surface area contributed by atoms with Gasteiger partial charge in [0, 0.05) is 36.8 Å². The number of ether oxygens (including phenoxy) is 1. The quantitative estimate of drug-likeness (QED) is 0.734. The molecule has 3 heterocycles. The normalized spacial score (nSPS) is 44.0. The maximum Gasteiger partial charge on any atom is 0.0678 e. The molecule has 0 radical (unpaired) electrons. The monoisotopic (exact) mass is 280 g/mol. The first kappa shape index (κ1) is 14.8. The molecule has 20 heavy (non-hydrogen) atoms. The molecular weight excluding hydrogens is 248 g/mol. The zero-order chi connectivity index (χ0) is 14.5. The number of nitrogens with zero attached hydrogens (tertiary/aromatic N) is 2. The van der Waals surface area contributed by atoms with Gasteiger partial charge in [0.1, 0.15) is 0 Å². The maximum atomic E-state index is 5.90. The Kier molecular flexibility index (Phi) is 3.89. The number of piperidine rings is 1. The fourth-order valence-corrected chi connectivity index (χ4v) is 5.06. The Labute approximate surface area is 124 Å². The van der Waals surface area contributed by atoms with Crippen LogP contribution in [0.25, 0.3) is 0 Å².